The number of methoxy groups -OCH3 is 1. The number of hydrogen-bond donors (Lipinski definition) is 1. The highest BCUT2D eigenvalue weighted by Crippen LogP contribution is 2.23. The molecular formula is C14H20ClNO2. The molecule has 0 radical (unpaired) electrons. The molecule has 0 amide bonds. The third-order valence-corrected chi connectivity index (χ3v) is 2.91. The van der Waals surface area contributed by atoms with Gasteiger partial charge in [0.05, 0.1) is 17.7 Å². The van der Waals surface area contributed by atoms with Crippen molar-refractivity contribution in [2.75, 3.05) is 19.0 Å². The lowest BCUT2D eigenvalue weighted by Crippen LogP contribution is -2.13. The van der Waals surface area contributed by atoms with E-state index in [0.717, 1.165) is 18.7 Å². The van der Waals surface area contributed by atoms with Gasteiger partial charge >= 0.3 is 5.97 Å². The van der Waals surface area contributed by atoms with Gasteiger partial charge < -0.3 is 10.1 Å². The fourth-order valence-electron chi connectivity index (χ4n) is 1.48. The Balaban J connectivity index is 2.71. The number of anilines is 1. The van der Waals surface area contributed by atoms with Crippen LogP contribution in [-0.2, 0) is 4.74 Å². The van der Waals surface area contributed by atoms with Gasteiger partial charge in [-0.15, -0.1) is 0 Å². The van der Waals surface area contributed by atoms with Crippen LogP contribution < -0.4 is 5.32 Å². The molecule has 0 saturated heterocycles. The summed E-state index contributed by atoms with van der Waals surface area (Å²) in [5.74, 6) is -0.417. The van der Waals surface area contributed by atoms with Crippen molar-refractivity contribution in [1.82, 2.24) is 0 Å². The number of nitrogens with one attached hydrogen (secondary N) is 1. The number of benzene rings is 1. The predicted octanol–water partition coefficient (Wildman–Crippen LogP) is 3.97. The van der Waals surface area contributed by atoms with Gasteiger partial charge in [0.25, 0.3) is 0 Å². The third-order valence-electron chi connectivity index (χ3n) is 2.58. The molecule has 1 rings (SSSR count). The van der Waals surface area contributed by atoms with Crippen LogP contribution in [0.4, 0.5) is 5.69 Å². The maximum atomic E-state index is 11.5. The Hall–Kier alpha value is -1.22. The summed E-state index contributed by atoms with van der Waals surface area (Å²) in [5, 5.41) is 3.69. The summed E-state index contributed by atoms with van der Waals surface area (Å²) >= 11 is 5.95. The van der Waals surface area contributed by atoms with E-state index in [2.05, 4.69) is 30.8 Å². The quantitative estimate of drug-likeness (QED) is 0.841. The number of carbonyl (C=O) groups excluding carboxylic acids is 1. The average Bonchev–Trinajstić information content (AvgIpc) is 2.28. The average molecular weight is 270 g/mol. The van der Waals surface area contributed by atoms with Crippen molar-refractivity contribution in [3.05, 3.63) is 28.8 Å². The second-order valence-corrected chi connectivity index (χ2v) is 5.83. The lowest BCUT2D eigenvalue weighted by molar-refractivity contribution is 0.0601. The van der Waals surface area contributed by atoms with Crippen LogP contribution in [-0.4, -0.2) is 19.6 Å². The van der Waals surface area contributed by atoms with Crippen molar-refractivity contribution in [2.45, 2.75) is 27.2 Å². The molecule has 0 aliphatic rings. The van der Waals surface area contributed by atoms with Crippen molar-refractivity contribution < 1.29 is 9.53 Å². The first kappa shape index (κ1) is 14.8. The summed E-state index contributed by atoms with van der Waals surface area (Å²) in [6.45, 7) is 7.43. The van der Waals surface area contributed by atoms with Crippen LogP contribution in [0, 0.1) is 5.41 Å². The molecule has 3 nitrogen and oxygen atoms in total. The van der Waals surface area contributed by atoms with Crippen LogP contribution in [0.2, 0.25) is 5.02 Å². The summed E-state index contributed by atoms with van der Waals surface area (Å²) < 4.78 is 4.68. The normalized spacial score (nSPS) is 11.2. The molecule has 100 valence electrons. The molecule has 0 aliphatic heterocycles. The second kappa shape index (κ2) is 6.10. The molecule has 0 spiro atoms. The van der Waals surface area contributed by atoms with Gasteiger partial charge in [-0.25, -0.2) is 4.79 Å². The van der Waals surface area contributed by atoms with Gasteiger partial charge in [-0.1, -0.05) is 32.4 Å². The first-order valence-corrected chi connectivity index (χ1v) is 6.33. The first-order valence-electron chi connectivity index (χ1n) is 5.95. The third kappa shape index (κ3) is 4.57. The van der Waals surface area contributed by atoms with E-state index in [1.165, 1.54) is 7.11 Å². The van der Waals surface area contributed by atoms with Gasteiger partial charge in [0.15, 0.2) is 0 Å². The zero-order valence-corrected chi connectivity index (χ0v) is 12.1. The van der Waals surface area contributed by atoms with E-state index in [4.69, 9.17) is 11.6 Å². The number of hydrogen-bond acceptors (Lipinski definition) is 3. The monoisotopic (exact) mass is 269 g/mol. The lowest BCUT2D eigenvalue weighted by Gasteiger charge is -2.18. The zero-order valence-electron chi connectivity index (χ0n) is 11.3. The minimum absolute atomic E-state index is 0.282. The fourth-order valence-corrected chi connectivity index (χ4v) is 1.68. The highest BCUT2D eigenvalue weighted by molar-refractivity contribution is 6.33. The molecule has 0 unspecified atom stereocenters. The maximum Gasteiger partial charge on any atom is 0.339 e. The number of halogens is 1. The van der Waals surface area contributed by atoms with E-state index >= 15 is 0 Å². The Morgan fingerprint density at radius 3 is 2.61 bits per heavy atom. The fraction of sp³-hybridized carbons (Fsp3) is 0.500. The Morgan fingerprint density at radius 2 is 2.06 bits per heavy atom. The van der Waals surface area contributed by atoms with Gasteiger partial charge in [-0.2, -0.15) is 0 Å². The minimum Gasteiger partial charge on any atom is -0.465 e. The lowest BCUT2D eigenvalue weighted by atomic mass is 9.92. The molecule has 18 heavy (non-hydrogen) atoms. The Labute approximate surface area is 113 Å². The first-order chi connectivity index (χ1) is 8.33. The highest BCUT2D eigenvalue weighted by atomic mass is 35.5. The molecule has 0 atom stereocenters. The molecule has 0 aromatic heterocycles. The van der Waals surface area contributed by atoms with Crippen molar-refractivity contribution in [3.63, 3.8) is 0 Å². The molecule has 0 fully saturated rings. The van der Waals surface area contributed by atoms with Gasteiger partial charge in [0.1, 0.15) is 0 Å². The Morgan fingerprint density at radius 1 is 1.39 bits per heavy atom. The van der Waals surface area contributed by atoms with E-state index < -0.39 is 5.97 Å². The smallest absolute Gasteiger partial charge is 0.339 e. The summed E-state index contributed by atoms with van der Waals surface area (Å²) in [4.78, 5) is 11.5. The second-order valence-electron chi connectivity index (χ2n) is 5.42. The molecule has 0 heterocycles. The van der Waals surface area contributed by atoms with Crippen molar-refractivity contribution in [2.24, 2.45) is 5.41 Å². The Bertz CT molecular complexity index is 424. The molecular weight excluding hydrogens is 250 g/mol. The van der Waals surface area contributed by atoms with Crippen LogP contribution in [0.3, 0.4) is 0 Å². The van der Waals surface area contributed by atoms with E-state index in [1.807, 2.05) is 6.07 Å². The van der Waals surface area contributed by atoms with E-state index in [1.54, 1.807) is 12.1 Å². The van der Waals surface area contributed by atoms with Crippen molar-refractivity contribution >= 4 is 23.3 Å². The van der Waals surface area contributed by atoms with Gasteiger partial charge in [0.2, 0.25) is 0 Å². The standard InChI is InChI=1S/C14H20ClNO2/c1-14(2,3)7-8-16-10-5-6-12(15)11(9-10)13(17)18-4/h5-6,9,16H,7-8H2,1-4H3. The molecule has 4 heteroatoms. The largest absolute Gasteiger partial charge is 0.465 e. The number of carbonyl (C=O) groups is 1. The molecule has 1 N–H and O–H groups in total. The molecule has 0 aliphatic carbocycles. The number of rotatable bonds is 4. The van der Waals surface area contributed by atoms with Gasteiger partial charge in [0, 0.05) is 12.2 Å². The van der Waals surface area contributed by atoms with Crippen LogP contribution in [0.25, 0.3) is 0 Å². The van der Waals surface area contributed by atoms with Gasteiger partial charge in [-0.05, 0) is 30.0 Å². The number of esters is 1. The summed E-state index contributed by atoms with van der Waals surface area (Å²) in [7, 11) is 1.35. The van der Waals surface area contributed by atoms with E-state index in [-0.39, 0.29) is 5.41 Å². The summed E-state index contributed by atoms with van der Waals surface area (Å²) in [5.41, 5.74) is 1.55. The maximum absolute atomic E-state index is 11.5. The molecule has 0 saturated carbocycles. The zero-order chi connectivity index (χ0) is 13.8. The Kier molecular flexibility index (Phi) is 5.03. The predicted molar refractivity (Wildman–Crippen MR) is 75.4 cm³/mol. The topological polar surface area (TPSA) is 38.3 Å². The van der Waals surface area contributed by atoms with Crippen molar-refractivity contribution in [1.29, 1.82) is 0 Å². The van der Waals surface area contributed by atoms with Crippen LogP contribution in [0.5, 0.6) is 0 Å². The van der Waals surface area contributed by atoms with Gasteiger partial charge in [-0.3, -0.25) is 0 Å². The van der Waals surface area contributed by atoms with E-state index in [9.17, 15) is 4.79 Å². The molecule has 1 aromatic rings. The molecule has 1 aromatic carbocycles. The number of ether oxygens (including phenoxy) is 1. The molecule has 0 bridgehead atoms. The van der Waals surface area contributed by atoms with Crippen LogP contribution in [0.1, 0.15) is 37.6 Å². The highest BCUT2D eigenvalue weighted by Gasteiger charge is 2.12. The van der Waals surface area contributed by atoms with Crippen LogP contribution in [0.15, 0.2) is 18.2 Å². The van der Waals surface area contributed by atoms with Crippen LogP contribution >= 0.6 is 11.6 Å². The SMILES string of the molecule is COC(=O)c1cc(NCCC(C)(C)C)ccc1Cl. The summed E-state index contributed by atoms with van der Waals surface area (Å²) in [6, 6.07) is 5.28. The van der Waals surface area contributed by atoms with Crippen molar-refractivity contribution in [3.8, 4) is 0 Å². The van der Waals surface area contributed by atoms with E-state index in [0.29, 0.717) is 10.6 Å². The minimum atomic E-state index is -0.417. The summed E-state index contributed by atoms with van der Waals surface area (Å²) in [6.07, 6.45) is 1.04.